The molecule has 0 saturated heterocycles. The fourth-order valence-corrected chi connectivity index (χ4v) is 2.51. The lowest BCUT2D eigenvalue weighted by molar-refractivity contribution is 0.0284. The Bertz CT molecular complexity index is 536. The summed E-state index contributed by atoms with van der Waals surface area (Å²) in [6, 6.07) is 3.72. The van der Waals surface area contributed by atoms with Crippen LogP contribution in [0.25, 0.3) is 5.65 Å². The van der Waals surface area contributed by atoms with E-state index in [1.165, 1.54) is 36.7 Å². The van der Waals surface area contributed by atoms with E-state index in [4.69, 9.17) is 4.74 Å². The Morgan fingerprint density at radius 3 is 3.05 bits per heavy atom. The van der Waals surface area contributed by atoms with Crippen LogP contribution in [0.15, 0.2) is 12.1 Å². The largest absolute Gasteiger partial charge is 0.378 e. The van der Waals surface area contributed by atoms with E-state index in [1.54, 1.807) is 0 Å². The summed E-state index contributed by atoms with van der Waals surface area (Å²) in [6.45, 7) is 1.65. The molecule has 0 aromatic carbocycles. The maximum atomic E-state index is 5.88. The van der Waals surface area contributed by atoms with E-state index in [-0.39, 0.29) is 0 Å². The molecule has 1 N–H and O–H groups in total. The highest BCUT2D eigenvalue weighted by Crippen LogP contribution is 2.20. The zero-order valence-corrected chi connectivity index (χ0v) is 11.5. The minimum Gasteiger partial charge on any atom is -0.378 e. The molecule has 1 aliphatic carbocycles. The summed E-state index contributed by atoms with van der Waals surface area (Å²) in [6.07, 6.45) is 7.92. The van der Waals surface area contributed by atoms with Gasteiger partial charge in [-0.25, -0.2) is 0 Å². The van der Waals surface area contributed by atoms with Gasteiger partial charge in [-0.2, -0.15) is 0 Å². The standard InChI is InChI=1S/C13H20N6O/c1-2-5-11(6-3-1)20-10-4-9-14-12-7-8-13-15-17-18-19(13)16-12/h7-8,11H,1-6,9-10H2,(H,14,16). The Morgan fingerprint density at radius 2 is 2.15 bits per heavy atom. The van der Waals surface area contributed by atoms with E-state index in [0.717, 1.165) is 25.4 Å². The van der Waals surface area contributed by atoms with Gasteiger partial charge in [-0.3, -0.25) is 0 Å². The predicted octanol–water partition coefficient (Wildman–Crippen LogP) is 1.67. The molecule has 7 heteroatoms. The van der Waals surface area contributed by atoms with Gasteiger partial charge in [0.15, 0.2) is 5.65 Å². The third kappa shape index (κ3) is 3.41. The highest BCUT2D eigenvalue weighted by atomic mass is 16.5. The number of hydrogen-bond acceptors (Lipinski definition) is 6. The predicted molar refractivity (Wildman–Crippen MR) is 74.5 cm³/mol. The van der Waals surface area contributed by atoms with Gasteiger partial charge in [-0.15, -0.1) is 14.8 Å². The van der Waals surface area contributed by atoms with Crippen molar-refractivity contribution in [3.63, 3.8) is 0 Å². The molecule has 0 spiro atoms. The lowest BCUT2D eigenvalue weighted by atomic mass is 9.98. The van der Waals surface area contributed by atoms with Crippen molar-refractivity contribution in [1.82, 2.24) is 25.3 Å². The molecule has 0 unspecified atom stereocenters. The van der Waals surface area contributed by atoms with Gasteiger partial charge >= 0.3 is 0 Å². The van der Waals surface area contributed by atoms with Crippen LogP contribution in [0.3, 0.4) is 0 Å². The SMILES string of the molecule is c1cc2nnnn2nc1NCCCOC1CCCCC1. The van der Waals surface area contributed by atoms with Crippen LogP contribution in [0.1, 0.15) is 38.5 Å². The molecule has 1 aliphatic rings. The fraction of sp³-hybridized carbons (Fsp3) is 0.692. The Labute approximate surface area is 117 Å². The average molecular weight is 276 g/mol. The van der Waals surface area contributed by atoms with Gasteiger partial charge in [0.25, 0.3) is 0 Å². The van der Waals surface area contributed by atoms with E-state index >= 15 is 0 Å². The Balaban J connectivity index is 1.36. The second kappa shape index (κ2) is 6.60. The van der Waals surface area contributed by atoms with Crippen molar-refractivity contribution in [2.45, 2.75) is 44.6 Å². The summed E-state index contributed by atoms with van der Waals surface area (Å²) >= 11 is 0. The van der Waals surface area contributed by atoms with Gasteiger partial charge in [-0.05, 0) is 41.8 Å². The van der Waals surface area contributed by atoms with Crippen molar-refractivity contribution in [1.29, 1.82) is 0 Å². The lowest BCUT2D eigenvalue weighted by Gasteiger charge is -2.21. The zero-order chi connectivity index (χ0) is 13.6. The van der Waals surface area contributed by atoms with Crippen LogP contribution in [-0.2, 0) is 4.74 Å². The van der Waals surface area contributed by atoms with Crippen LogP contribution in [-0.4, -0.2) is 44.5 Å². The molecule has 2 aromatic heterocycles. The number of nitrogens with zero attached hydrogens (tertiary/aromatic N) is 5. The highest BCUT2D eigenvalue weighted by molar-refractivity contribution is 5.41. The van der Waals surface area contributed by atoms with Crippen LogP contribution in [0.2, 0.25) is 0 Å². The first-order valence-electron chi connectivity index (χ1n) is 7.33. The van der Waals surface area contributed by atoms with E-state index < -0.39 is 0 Å². The third-order valence-electron chi connectivity index (χ3n) is 3.60. The van der Waals surface area contributed by atoms with E-state index in [1.807, 2.05) is 12.1 Å². The number of aromatic nitrogens is 5. The van der Waals surface area contributed by atoms with Crippen LogP contribution in [0.4, 0.5) is 5.82 Å². The third-order valence-corrected chi connectivity index (χ3v) is 3.60. The zero-order valence-electron chi connectivity index (χ0n) is 11.5. The topological polar surface area (TPSA) is 77.2 Å². The maximum absolute atomic E-state index is 5.88. The Hall–Kier alpha value is -1.76. The molecule has 108 valence electrons. The average Bonchev–Trinajstić information content (AvgIpc) is 2.95. The van der Waals surface area contributed by atoms with Crippen LogP contribution in [0.5, 0.6) is 0 Å². The number of rotatable bonds is 6. The molecule has 0 bridgehead atoms. The monoisotopic (exact) mass is 276 g/mol. The number of tetrazole rings is 1. The van der Waals surface area contributed by atoms with Crippen molar-refractivity contribution in [2.24, 2.45) is 0 Å². The second-order valence-corrected chi connectivity index (χ2v) is 5.16. The highest BCUT2D eigenvalue weighted by Gasteiger charge is 2.12. The van der Waals surface area contributed by atoms with Gasteiger partial charge < -0.3 is 10.1 Å². The molecule has 7 nitrogen and oxygen atoms in total. The summed E-state index contributed by atoms with van der Waals surface area (Å²) in [5.74, 6) is 0.780. The first kappa shape index (κ1) is 13.2. The van der Waals surface area contributed by atoms with Crippen LogP contribution < -0.4 is 5.32 Å². The minimum atomic E-state index is 0.486. The number of anilines is 1. The second-order valence-electron chi connectivity index (χ2n) is 5.16. The summed E-state index contributed by atoms with van der Waals surface area (Å²) in [5, 5.41) is 18.6. The molecule has 0 radical (unpaired) electrons. The summed E-state index contributed by atoms with van der Waals surface area (Å²) < 4.78 is 7.30. The molecule has 2 heterocycles. The van der Waals surface area contributed by atoms with Gasteiger partial charge in [0, 0.05) is 13.2 Å². The number of hydrogen-bond donors (Lipinski definition) is 1. The molecule has 0 aliphatic heterocycles. The molecule has 0 amide bonds. The van der Waals surface area contributed by atoms with Crippen molar-refractivity contribution in [3.05, 3.63) is 12.1 Å². The smallest absolute Gasteiger partial charge is 0.200 e. The van der Waals surface area contributed by atoms with E-state index in [0.29, 0.717) is 11.8 Å². The molecule has 1 saturated carbocycles. The Morgan fingerprint density at radius 1 is 1.25 bits per heavy atom. The van der Waals surface area contributed by atoms with Crippen LogP contribution >= 0.6 is 0 Å². The first-order valence-corrected chi connectivity index (χ1v) is 7.33. The molecule has 1 fully saturated rings. The number of ether oxygens (including phenoxy) is 1. The van der Waals surface area contributed by atoms with Crippen LogP contribution in [0, 0.1) is 0 Å². The summed E-state index contributed by atoms with van der Waals surface area (Å²) in [5.41, 5.74) is 0.649. The van der Waals surface area contributed by atoms with E-state index in [2.05, 4.69) is 25.9 Å². The maximum Gasteiger partial charge on any atom is 0.200 e. The normalized spacial score (nSPS) is 16.6. The van der Waals surface area contributed by atoms with Gasteiger partial charge in [0.2, 0.25) is 0 Å². The van der Waals surface area contributed by atoms with Gasteiger partial charge in [-0.1, -0.05) is 19.3 Å². The summed E-state index contributed by atoms with van der Waals surface area (Å²) in [4.78, 5) is 0. The number of nitrogens with one attached hydrogen (secondary N) is 1. The molecule has 20 heavy (non-hydrogen) atoms. The van der Waals surface area contributed by atoms with E-state index in [9.17, 15) is 0 Å². The molecular formula is C13H20N6O. The van der Waals surface area contributed by atoms with Crippen molar-refractivity contribution >= 4 is 11.5 Å². The van der Waals surface area contributed by atoms with Gasteiger partial charge in [0.1, 0.15) is 5.82 Å². The molecule has 2 aromatic rings. The summed E-state index contributed by atoms with van der Waals surface area (Å²) in [7, 11) is 0. The van der Waals surface area contributed by atoms with Crippen molar-refractivity contribution < 1.29 is 4.74 Å². The quantitative estimate of drug-likeness (QED) is 0.809. The first-order chi connectivity index (χ1) is 9.92. The lowest BCUT2D eigenvalue weighted by Crippen LogP contribution is -2.18. The minimum absolute atomic E-state index is 0.486. The van der Waals surface area contributed by atoms with Gasteiger partial charge in [0.05, 0.1) is 6.10 Å². The molecular weight excluding hydrogens is 256 g/mol. The Kier molecular flexibility index (Phi) is 4.37. The number of fused-ring (bicyclic) bond motifs is 1. The molecule has 3 rings (SSSR count). The fourth-order valence-electron chi connectivity index (χ4n) is 2.51. The molecule has 0 atom stereocenters. The van der Waals surface area contributed by atoms with Crippen molar-refractivity contribution in [2.75, 3.05) is 18.5 Å². The van der Waals surface area contributed by atoms with Crippen molar-refractivity contribution in [3.8, 4) is 0 Å².